The maximum absolute atomic E-state index is 13.4. The van der Waals surface area contributed by atoms with Crippen LogP contribution in [0.15, 0.2) is 35.1 Å². The molecule has 0 aliphatic rings. The Kier molecular flexibility index (Phi) is 3.05. The zero-order valence-corrected chi connectivity index (χ0v) is 9.47. The molecule has 2 aromatic rings. The van der Waals surface area contributed by atoms with Gasteiger partial charge in [-0.2, -0.15) is 0 Å². The number of benzene rings is 1. The van der Waals surface area contributed by atoms with Crippen LogP contribution in [0.1, 0.15) is 16.0 Å². The maximum Gasteiger partial charge on any atom is 0.161 e. The van der Waals surface area contributed by atoms with E-state index in [-0.39, 0.29) is 5.56 Å². The number of furan rings is 1. The summed E-state index contributed by atoms with van der Waals surface area (Å²) in [5.74, 6) is -3.08. The van der Waals surface area contributed by atoms with Crippen molar-refractivity contribution in [1.82, 2.24) is 0 Å². The van der Waals surface area contributed by atoms with Crippen molar-refractivity contribution >= 4 is 15.9 Å². The van der Waals surface area contributed by atoms with Crippen LogP contribution in [0.25, 0.3) is 0 Å². The number of hydrogen-bond donors (Lipinski definition) is 0. The van der Waals surface area contributed by atoms with Crippen LogP contribution in [0.2, 0.25) is 0 Å². The summed E-state index contributed by atoms with van der Waals surface area (Å²) in [6.45, 7) is 0. The van der Waals surface area contributed by atoms with Gasteiger partial charge in [0.25, 0.3) is 0 Å². The SMILES string of the molecule is Fc1cc(F)c(C(Br)c2ccoc2)cc1F. The first-order valence-electron chi connectivity index (χ1n) is 4.40. The van der Waals surface area contributed by atoms with Gasteiger partial charge in [0.15, 0.2) is 11.6 Å². The van der Waals surface area contributed by atoms with Crippen molar-refractivity contribution in [1.29, 1.82) is 0 Å². The van der Waals surface area contributed by atoms with Crippen LogP contribution in [0.5, 0.6) is 0 Å². The second kappa shape index (κ2) is 4.33. The molecule has 0 N–H and O–H groups in total. The van der Waals surface area contributed by atoms with E-state index >= 15 is 0 Å². The Morgan fingerprint density at radius 1 is 1.06 bits per heavy atom. The zero-order chi connectivity index (χ0) is 11.7. The van der Waals surface area contributed by atoms with E-state index in [0.717, 1.165) is 6.07 Å². The topological polar surface area (TPSA) is 13.1 Å². The van der Waals surface area contributed by atoms with Gasteiger partial charge in [-0.3, -0.25) is 0 Å². The van der Waals surface area contributed by atoms with Gasteiger partial charge in [0.2, 0.25) is 0 Å². The molecule has 1 atom stereocenters. The second-order valence-corrected chi connectivity index (χ2v) is 4.12. The van der Waals surface area contributed by atoms with Gasteiger partial charge in [0.1, 0.15) is 5.82 Å². The van der Waals surface area contributed by atoms with Gasteiger partial charge in [-0.05, 0) is 12.1 Å². The van der Waals surface area contributed by atoms with Crippen molar-refractivity contribution in [2.45, 2.75) is 4.83 Å². The standard InChI is InChI=1S/C11H6BrF3O/c12-11(6-1-2-16-5-6)7-3-9(14)10(15)4-8(7)13/h1-5,11H. The van der Waals surface area contributed by atoms with Gasteiger partial charge in [-0.1, -0.05) is 15.9 Å². The van der Waals surface area contributed by atoms with Crippen LogP contribution in [0.3, 0.4) is 0 Å². The van der Waals surface area contributed by atoms with E-state index in [1.807, 2.05) is 0 Å². The lowest BCUT2D eigenvalue weighted by molar-refractivity contribution is 0.490. The van der Waals surface area contributed by atoms with Crippen LogP contribution in [0, 0.1) is 17.5 Å². The van der Waals surface area contributed by atoms with Crippen molar-refractivity contribution in [3.63, 3.8) is 0 Å². The van der Waals surface area contributed by atoms with Crippen molar-refractivity contribution in [3.8, 4) is 0 Å². The molecule has 0 aliphatic carbocycles. The molecule has 0 amide bonds. The molecule has 0 radical (unpaired) electrons. The van der Waals surface area contributed by atoms with Crippen molar-refractivity contribution in [3.05, 3.63) is 59.3 Å². The molecule has 0 spiro atoms. The fraction of sp³-hybridized carbons (Fsp3) is 0.0909. The van der Waals surface area contributed by atoms with E-state index in [4.69, 9.17) is 4.42 Å². The van der Waals surface area contributed by atoms with Gasteiger partial charge in [-0.25, -0.2) is 13.2 Å². The smallest absolute Gasteiger partial charge is 0.161 e. The lowest BCUT2D eigenvalue weighted by atomic mass is 10.1. The van der Waals surface area contributed by atoms with Crippen LogP contribution >= 0.6 is 15.9 Å². The van der Waals surface area contributed by atoms with Crippen molar-refractivity contribution < 1.29 is 17.6 Å². The minimum Gasteiger partial charge on any atom is -0.472 e. The Morgan fingerprint density at radius 3 is 2.38 bits per heavy atom. The lowest BCUT2D eigenvalue weighted by Gasteiger charge is -2.09. The average molecular weight is 291 g/mol. The maximum atomic E-state index is 13.4. The van der Waals surface area contributed by atoms with Gasteiger partial charge in [0.05, 0.1) is 17.4 Å². The average Bonchev–Trinajstić information content (AvgIpc) is 2.75. The molecule has 1 aromatic carbocycles. The Hall–Kier alpha value is -1.23. The number of rotatable bonds is 2. The summed E-state index contributed by atoms with van der Waals surface area (Å²) in [6, 6.07) is 2.97. The van der Waals surface area contributed by atoms with Crippen molar-refractivity contribution in [2.75, 3.05) is 0 Å². The zero-order valence-electron chi connectivity index (χ0n) is 7.88. The molecule has 2 rings (SSSR count). The molecule has 1 aromatic heterocycles. The summed E-state index contributed by atoms with van der Waals surface area (Å²) in [5.41, 5.74) is 0.658. The highest BCUT2D eigenvalue weighted by Crippen LogP contribution is 2.33. The minimum atomic E-state index is -1.20. The highest BCUT2D eigenvalue weighted by molar-refractivity contribution is 9.09. The molecular formula is C11H6BrF3O. The molecule has 0 fully saturated rings. The number of halogens is 4. The summed E-state index contributed by atoms with van der Waals surface area (Å²) in [5, 5.41) is 0. The van der Waals surface area contributed by atoms with E-state index in [9.17, 15) is 13.2 Å². The Labute approximate surface area is 98.0 Å². The van der Waals surface area contributed by atoms with Gasteiger partial charge in [-0.15, -0.1) is 0 Å². The summed E-state index contributed by atoms with van der Waals surface area (Å²) < 4.78 is 43.9. The van der Waals surface area contributed by atoms with E-state index in [2.05, 4.69) is 15.9 Å². The Bertz CT molecular complexity index is 496. The van der Waals surface area contributed by atoms with Gasteiger partial charge < -0.3 is 4.42 Å². The third-order valence-electron chi connectivity index (χ3n) is 2.15. The summed E-state index contributed by atoms with van der Waals surface area (Å²) >= 11 is 3.19. The normalized spacial score (nSPS) is 12.8. The molecule has 84 valence electrons. The first-order chi connectivity index (χ1) is 7.59. The monoisotopic (exact) mass is 290 g/mol. The second-order valence-electron chi connectivity index (χ2n) is 3.21. The van der Waals surface area contributed by atoms with Gasteiger partial charge >= 0.3 is 0 Å². The molecule has 1 heterocycles. The van der Waals surface area contributed by atoms with Crippen LogP contribution < -0.4 is 0 Å². The molecule has 0 saturated carbocycles. The Balaban J connectivity index is 2.44. The summed E-state index contributed by atoms with van der Waals surface area (Å²) in [4.78, 5) is -0.568. The molecule has 1 unspecified atom stereocenters. The lowest BCUT2D eigenvalue weighted by Crippen LogP contribution is -1.98. The third-order valence-corrected chi connectivity index (χ3v) is 3.17. The molecule has 0 aliphatic heterocycles. The number of hydrogen-bond acceptors (Lipinski definition) is 1. The quantitative estimate of drug-likeness (QED) is 0.597. The van der Waals surface area contributed by atoms with E-state index in [1.165, 1.54) is 12.5 Å². The first kappa shape index (κ1) is 11.3. The largest absolute Gasteiger partial charge is 0.472 e. The van der Waals surface area contributed by atoms with E-state index in [1.54, 1.807) is 6.07 Å². The van der Waals surface area contributed by atoms with Crippen molar-refractivity contribution in [2.24, 2.45) is 0 Å². The third kappa shape index (κ3) is 2.00. The molecule has 1 nitrogen and oxygen atoms in total. The van der Waals surface area contributed by atoms with E-state index in [0.29, 0.717) is 11.6 Å². The molecule has 5 heteroatoms. The first-order valence-corrected chi connectivity index (χ1v) is 5.31. The molecule has 0 bridgehead atoms. The van der Waals surface area contributed by atoms with Crippen LogP contribution in [-0.4, -0.2) is 0 Å². The highest BCUT2D eigenvalue weighted by Gasteiger charge is 2.18. The fourth-order valence-electron chi connectivity index (χ4n) is 1.33. The molecule has 0 saturated heterocycles. The summed E-state index contributed by atoms with van der Waals surface area (Å²) in [7, 11) is 0. The van der Waals surface area contributed by atoms with Crippen LogP contribution in [-0.2, 0) is 0 Å². The molecular weight excluding hydrogens is 285 g/mol. The molecule has 16 heavy (non-hydrogen) atoms. The van der Waals surface area contributed by atoms with E-state index < -0.39 is 22.3 Å². The highest BCUT2D eigenvalue weighted by atomic mass is 79.9. The Morgan fingerprint density at radius 2 is 1.75 bits per heavy atom. The van der Waals surface area contributed by atoms with Gasteiger partial charge in [0, 0.05) is 17.2 Å². The summed E-state index contributed by atoms with van der Waals surface area (Å²) in [6.07, 6.45) is 2.82. The predicted molar refractivity (Wildman–Crippen MR) is 55.8 cm³/mol. The van der Waals surface area contributed by atoms with Crippen LogP contribution in [0.4, 0.5) is 13.2 Å². The number of alkyl halides is 1. The minimum absolute atomic E-state index is 0.0281. The predicted octanol–water partition coefficient (Wildman–Crippen LogP) is 4.18. The fourth-order valence-corrected chi connectivity index (χ4v) is 1.94.